The van der Waals surface area contributed by atoms with E-state index in [0.29, 0.717) is 25.2 Å². The van der Waals surface area contributed by atoms with Crippen LogP contribution < -0.4 is 10.9 Å². The Morgan fingerprint density at radius 2 is 1.89 bits per heavy atom. The van der Waals surface area contributed by atoms with Crippen molar-refractivity contribution in [3.8, 4) is 0 Å². The van der Waals surface area contributed by atoms with Gasteiger partial charge in [-0.3, -0.25) is 14.4 Å². The molecule has 2 heterocycles. The van der Waals surface area contributed by atoms with Crippen LogP contribution in [0.3, 0.4) is 0 Å². The van der Waals surface area contributed by atoms with Gasteiger partial charge in [-0.2, -0.15) is 0 Å². The van der Waals surface area contributed by atoms with Crippen molar-refractivity contribution < 1.29 is 14.0 Å². The van der Waals surface area contributed by atoms with Crippen LogP contribution in [0.4, 0.5) is 4.39 Å². The molecular weight excluding hydrogens is 361 g/mol. The molecule has 148 valence electrons. The minimum atomic E-state index is -0.389. The van der Waals surface area contributed by atoms with Gasteiger partial charge in [0.15, 0.2) is 0 Å². The molecule has 2 aromatic rings. The summed E-state index contributed by atoms with van der Waals surface area (Å²) in [5.41, 5.74) is 1.07. The van der Waals surface area contributed by atoms with Crippen LogP contribution in [-0.4, -0.2) is 40.9 Å². The first-order valence-electron chi connectivity index (χ1n) is 9.36. The molecule has 1 fully saturated rings. The number of carbonyl (C=O) groups excluding carboxylic acids is 2. The van der Waals surface area contributed by atoms with Gasteiger partial charge in [0.1, 0.15) is 11.4 Å². The molecule has 6 nitrogen and oxygen atoms in total. The normalized spacial score (nSPS) is 16.7. The molecule has 0 radical (unpaired) electrons. The summed E-state index contributed by atoms with van der Waals surface area (Å²) < 4.78 is 14.4. The number of halogens is 1. The summed E-state index contributed by atoms with van der Waals surface area (Å²) in [7, 11) is 1.65. The number of nitrogens with one attached hydrogen (secondary N) is 1. The van der Waals surface area contributed by atoms with E-state index in [1.165, 1.54) is 28.8 Å². The zero-order valence-electron chi connectivity index (χ0n) is 16.1. The fourth-order valence-corrected chi connectivity index (χ4v) is 3.42. The SMILES string of the molecule is Cc1ccc(C(=O)N2CCC[C@@H](CNC(=O)c3ccc(F)cc3)C2)c(=O)n1C. The van der Waals surface area contributed by atoms with Crippen molar-refractivity contribution in [3.05, 3.63) is 69.4 Å². The average Bonchev–Trinajstić information content (AvgIpc) is 2.70. The van der Waals surface area contributed by atoms with E-state index in [9.17, 15) is 18.8 Å². The summed E-state index contributed by atoms with van der Waals surface area (Å²) in [6.45, 7) is 3.32. The van der Waals surface area contributed by atoms with Crippen molar-refractivity contribution in [2.75, 3.05) is 19.6 Å². The number of aromatic nitrogens is 1. The van der Waals surface area contributed by atoms with Gasteiger partial charge in [-0.05, 0) is 62.1 Å². The summed E-state index contributed by atoms with van der Waals surface area (Å²) in [6, 6.07) is 8.72. The molecule has 1 saturated heterocycles. The van der Waals surface area contributed by atoms with Gasteiger partial charge >= 0.3 is 0 Å². The molecule has 2 amide bonds. The summed E-state index contributed by atoms with van der Waals surface area (Å²) >= 11 is 0. The largest absolute Gasteiger partial charge is 0.352 e. The second-order valence-corrected chi connectivity index (χ2v) is 7.23. The molecule has 1 aromatic heterocycles. The van der Waals surface area contributed by atoms with Crippen molar-refractivity contribution in [3.63, 3.8) is 0 Å². The predicted molar refractivity (Wildman–Crippen MR) is 104 cm³/mol. The van der Waals surface area contributed by atoms with Crippen molar-refractivity contribution in [2.24, 2.45) is 13.0 Å². The molecule has 1 aliphatic rings. The van der Waals surface area contributed by atoms with Gasteiger partial charge in [0, 0.05) is 37.9 Å². The number of hydrogen-bond acceptors (Lipinski definition) is 3. The summed E-state index contributed by atoms with van der Waals surface area (Å²) in [6.07, 6.45) is 1.70. The Hall–Kier alpha value is -2.96. The Bertz CT molecular complexity index is 937. The topological polar surface area (TPSA) is 71.4 Å². The maximum atomic E-state index is 13.0. The van der Waals surface area contributed by atoms with Crippen LogP contribution in [0.5, 0.6) is 0 Å². The van der Waals surface area contributed by atoms with E-state index in [1.54, 1.807) is 24.1 Å². The van der Waals surface area contributed by atoms with Crippen LogP contribution in [0.25, 0.3) is 0 Å². The highest BCUT2D eigenvalue weighted by molar-refractivity contribution is 5.94. The maximum Gasteiger partial charge on any atom is 0.263 e. The summed E-state index contributed by atoms with van der Waals surface area (Å²) in [4.78, 5) is 39.1. The fourth-order valence-electron chi connectivity index (χ4n) is 3.42. The lowest BCUT2D eigenvalue weighted by atomic mass is 9.97. The number of hydrogen-bond donors (Lipinski definition) is 1. The number of amides is 2. The zero-order chi connectivity index (χ0) is 20.3. The molecule has 0 aliphatic carbocycles. The van der Waals surface area contributed by atoms with E-state index >= 15 is 0 Å². The number of piperidine rings is 1. The summed E-state index contributed by atoms with van der Waals surface area (Å²) in [5, 5.41) is 2.85. The van der Waals surface area contributed by atoms with Gasteiger partial charge in [-0.1, -0.05) is 0 Å². The smallest absolute Gasteiger partial charge is 0.263 e. The van der Waals surface area contributed by atoms with Crippen molar-refractivity contribution in [2.45, 2.75) is 19.8 Å². The fraction of sp³-hybridized carbons (Fsp3) is 0.381. The monoisotopic (exact) mass is 385 g/mol. The Morgan fingerprint density at radius 3 is 2.61 bits per heavy atom. The quantitative estimate of drug-likeness (QED) is 0.876. The van der Waals surface area contributed by atoms with Gasteiger partial charge in [0.05, 0.1) is 0 Å². The van der Waals surface area contributed by atoms with Crippen LogP contribution in [0.15, 0.2) is 41.2 Å². The molecule has 28 heavy (non-hydrogen) atoms. The second kappa shape index (κ2) is 8.37. The van der Waals surface area contributed by atoms with Gasteiger partial charge in [0.2, 0.25) is 0 Å². The first kappa shape index (κ1) is 19.8. The van der Waals surface area contributed by atoms with Gasteiger partial charge < -0.3 is 14.8 Å². The van der Waals surface area contributed by atoms with Crippen molar-refractivity contribution in [1.82, 2.24) is 14.8 Å². The van der Waals surface area contributed by atoms with E-state index in [1.807, 2.05) is 6.92 Å². The van der Waals surface area contributed by atoms with Crippen molar-refractivity contribution >= 4 is 11.8 Å². The van der Waals surface area contributed by atoms with Crippen LogP contribution >= 0.6 is 0 Å². The first-order chi connectivity index (χ1) is 13.4. The minimum Gasteiger partial charge on any atom is -0.352 e. The number of rotatable bonds is 4. The van der Waals surface area contributed by atoms with Crippen LogP contribution in [-0.2, 0) is 7.05 Å². The number of likely N-dealkylation sites (tertiary alicyclic amines) is 1. The molecule has 1 aliphatic heterocycles. The van der Waals surface area contributed by atoms with Crippen LogP contribution in [0.2, 0.25) is 0 Å². The minimum absolute atomic E-state index is 0.108. The molecule has 0 bridgehead atoms. The highest BCUT2D eigenvalue weighted by atomic mass is 19.1. The molecule has 0 unspecified atom stereocenters. The Kier molecular flexibility index (Phi) is 5.92. The van der Waals surface area contributed by atoms with Crippen LogP contribution in [0, 0.1) is 18.7 Å². The first-order valence-corrected chi connectivity index (χ1v) is 9.36. The third-order valence-corrected chi connectivity index (χ3v) is 5.25. The van der Waals surface area contributed by atoms with Crippen molar-refractivity contribution in [1.29, 1.82) is 0 Å². The van der Waals surface area contributed by atoms with E-state index in [-0.39, 0.29) is 34.7 Å². The molecular formula is C21H24FN3O3. The Labute approximate surface area is 163 Å². The van der Waals surface area contributed by atoms with Gasteiger partial charge in [-0.15, -0.1) is 0 Å². The van der Waals surface area contributed by atoms with E-state index in [2.05, 4.69) is 5.32 Å². The maximum absolute atomic E-state index is 13.0. The number of nitrogens with zero attached hydrogens (tertiary/aromatic N) is 2. The zero-order valence-corrected chi connectivity index (χ0v) is 16.1. The molecule has 1 N–H and O–H groups in total. The second-order valence-electron chi connectivity index (χ2n) is 7.23. The standard InChI is InChI=1S/C21H24FN3O3/c1-14-5-10-18(20(27)24(14)2)21(28)25-11-3-4-15(13-25)12-23-19(26)16-6-8-17(22)9-7-16/h5-10,15H,3-4,11-13H2,1-2H3,(H,23,26)/t15-/m0/s1. The third-order valence-electron chi connectivity index (χ3n) is 5.25. The van der Waals surface area contributed by atoms with Gasteiger partial charge in [-0.25, -0.2) is 4.39 Å². The number of aryl methyl sites for hydroxylation is 1. The highest BCUT2D eigenvalue weighted by Gasteiger charge is 2.26. The molecule has 1 aromatic carbocycles. The summed E-state index contributed by atoms with van der Waals surface area (Å²) in [5.74, 6) is -0.817. The molecule has 0 spiro atoms. The lowest BCUT2D eigenvalue weighted by molar-refractivity contribution is 0.0668. The average molecular weight is 385 g/mol. The van der Waals surface area contributed by atoms with E-state index < -0.39 is 0 Å². The molecule has 7 heteroatoms. The predicted octanol–water partition coefficient (Wildman–Crippen LogP) is 2.12. The molecule has 3 rings (SSSR count). The third kappa shape index (κ3) is 4.30. The van der Waals surface area contributed by atoms with Crippen LogP contribution in [0.1, 0.15) is 39.3 Å². The Balaban J connectivity index is 1.61. The number of pyridine rings is 1. The number of carbonyl (C=O) groups is 2. The highest BCUT2D eigenvalue weighted by Crippen LogP contribution is 2.18. The lowest BCUT2D eigenvalue weighted by Gasteiger charge is -2.33. The molecule has 0 saturated carbocycles. The van der Waals surface area contributed by atoms with Gasteiger partial charge in [0.25, 0.3) is 17.4 Å². The molecule has 1 atom stereocenters. The lowest BCUT2D eigenvalue weighted by Crippen LogP contribution is -2.45. The number of benzene rings is 1. The van der Waals surface area contributed by atoms with E-state index in [4.69, 9.17) is 0 Å². The Morgan fingerprint density at radius 1 is 1.18 bits per heavy atom. The van der Waals surface area contributed by atoms with E-state index in [0.717, 1.165) is 18.5 Å².